The summed E-state index contributed by atoms with van der Waals surface area (Å²) in [5.74, 6) is 0.342. The van der Waals surface area contributed by atoms with Crippen LogP contribution in [0, 0.1) is 0 Å². The van der Waals surface area contributed by atoms with Gasteiger partial charge in [-0.05, 0) is 43.3 Å². The molecule has 0 unspecified atom stereocenters. The Labute approximate surface area is 225 Å². The number of rotatable bonds is 8. The highest BCUT2D eigenvalue weighted by atomic mass is 32.2. The van der Waals surface area contributed by atoms with Gasteiger partial charge in [-0.25, -0.2) is 22.9 Å². The van der Waals surface area contributed by atoms with Crippen LogP contribution in [-0.2, 0) is 21.8 Å². The van der Waals surface area contributed by atoms with Gasteiger partial charge in [0.15, 0.2) is 5.65 Å². The number of nitrogens with zero attached hydrogens (tertiary/aromatic N) is 5. The average molecular weight is 544 g/mol. The molecular formula is C28H25N5O5S. The maximum absolute atomic E-state index is 13.9. The number of aromatic nitrogens is 4. The molecule has 11 heteroatoms. The summed E-state index contributed by atoms with van der Waals surface area (Å²) in [5.41, 5.74) is 1.79. The Hall–Kier alpha value is -4.77. The maximum atomic E-state index is 13.9. The molecule has 5 aromatic rings. The van der Waals surface area contributed by atoms with E-state index in [4.69, 9.17) is 9.47 Å². The molecule has 198 valence electrons. The van der Waals surface area contributed by atoms with Crippen LogP contribution >= 0.6 is 0 Å². The van der Waals surface area contributed by atoms with Gasteiger partial charge in [0.2, 0.25) is 0 Å². The van der Waals surface area contributed by atoms with Gasteiger partial charge in [-0.1, -0.05) is 30.3 Å². The molecule has 0 amide bonds. The third-order valence-electron chi connectivity index (χ3n) is 6.05. The van der Waals surface area contributed by atoms with Gasteiger partial charge in [0.1, 0.15) is 22.8 Å². The predicted molar refractivity (Wildman–Crippen MR) is 146 cm³/mol. The van der Waals surface area contributed by atoms with Crippen LogP contribution in [0.1, 0.15) is 17.3 Å². The molecule has 0 fully saturated rings. The van der Waals surface area contributed by atoms with Gasteiger partial charge in [-0.3, -0.25) is 9.29 Å². The molecule has 0 aliphatic rings. The summed E-state index contributed by atoms with van der Waals surface area (Å²) < 4.78 is 41.5. The topological polar surface area (TPSA) is 117 Å². The lowest BCUT2D eigenvalue weighted by Crippen LogP contribution is -2.29. The third-order valence-corrected chi connectivity index (χ3v) is 7.82. The van der Waals surface area contributed by atoms with Crippen molar-refractivity contribution in [3.05, 3.63) is 90.9 Å². The zero-order valence-electron chi connectivity index (χ0n) is 21.5. The van der Waals surface area contributed by atoms with E-state index in [9.17, 15) is 13.2 Å². The molecular weight excluding hydrogens is 518 g/mol. The molecule has 0 aliphatic heterocycles. The summed E-state index contributed by atoms with van der Waals surface area (Å²) >= 11 is 0. The van der Waals surface area contributed by atoms with Crippen molar-refractivity contribution in [2.24, 2.45) is 7.05 Å². The van der Waals surface area contributed by atoms with Crippen molar-refractivity contribution in [3.8, 4) is 22.8 Å². The number of ether oxygens (including phenoxy) is 2. The van der Waals surface area contributed by atoms with Crippen LogP contribution in [0.3, 0.4) is 0 Å². The number of anilines is 1. The highest BCUT2D eigenvalue weighted by Gasteiger charge is 2.31. The van der Waals surface area contributed by atoms with Gasteiger partial charge >= 0.3 is 5.97 Å². The van der Waals surface area contributed by atoms with Crippen molar-refractivity contribution in [1.82, 2.24) is 19.7 Å². The summed E-state index contributed by atoms with van der Waals surface area (Å²) in [7, 11) is -1.03. The van der Waals surface area contributed by atoms with Gasteiger partial charge in [0, 0.05) is 38.2 Å². The van der Waals surface area contributed by atoms with Crippen LogP contribution in [0.5, 0.6) is 11.5 Å². The van der Waals surface area contributed by atoms with Crippen molar-refractivity contribution in [1.29, 1.82) is 0 Å². The highest BCUT2D eigenvalue weighted by Crippen LogP contribution is 2.39. The first-order valence-electron chi connectivity index (χ1n) is 12.1. The van der Waals surface area contributed by atoms with Crippen molar-refractivity contribution >= 4 is 32.7 Å². The van der Waals surface area contributed by atoms with Crippen molar-refractivity contribution in [2.75, 3.05) is 18.0 Å². The van der Waals surface area contributed by atoms with Crippen molar-refractivity contribution in [3.63, 3.8) is 0 Å². The Morgan fingerprint density at radius 1 is 0.974 bits per heavy atom. The van der Waals surface area contributed by atoms with Gasteiger partial charge < -0.3 is 9.47 Å². The number of carbonyl (C=O) groups excluding carboxylic acids is 1. The Bertz CT molecular complexity index is 1740. The number of pyridine rings is 2. The Morgan fingerprint density at radius 2 is 1.64 bits per heavy atom. The molecule has 0 spiro atoms. The van der Waals surface area contributed by atoms with Crippen LogP contribution in [-0.4, -0.2) is 47.8 Å². The number of benzene rings is 2. The largest absolute Gasteiger partial charge is 0.462 e. The van der Waals surface area contributed by atoms with Crippen molar-refractivity contribution in [2.45, 2.75) is 11.8 Å². The molecule has 0 bridgehead atoms. The van der Waals surface area contributed by atoms with Crippen LogP contribution in [0.4, 0.5) is 5.69 Å². The van der Waals surface area contributed by atoms with Crippen LogP contribution < -0.4 is 9.04 Å². The average Bonchev–Trinajstić information content (AvgIpc) is 3.30. The third kappa shape index (κ3) is 4.91. The lowest BCUT2D eigenvalue weighted by Gasteiger charge is -2.23. The minimum Gasteiger partial charge on any atom is -0.462 e. The summed E-state index contributed by atoms with van der Waals surface area (Å²) in [6.07, 6.45) is 4.52. The molecule has 0 saturated heterocycles. The molecule has 0 saturated carbocycles. The van der Waals surface area contributed by atoms with E-state index in [0.717, 1.165) is 9.87 Å². The first-order chi connectivity index (χ1) is 18.8. The SMILES string of the molecule is CCOC(=O)c1cnc2c(c(-c3ccccc3)nn2C)c1N(C)S(=O)(=O)c1ccc(Oc2ccncc2)cc1. The molecule has 5 rings (SSSR count). The second-order valence-electron chi connectivity index (χ2n) is 8.51. The number of aryl methyl sites for hydroxylation is 1. The number of hydrogen-bond donors (Lipinski definition) is 0. The summed E-state index contributed by atoms with van der Waals surface area (Å²) in [6.45, 7) is 1.79. The van der Waals surface area contributed by atoms with E-state index in [1.807, 2.05) is 30.3 Å². The molecule has 0 radical (unpaired) electrons. The second-order valence-corrected chi connectivity index (χ2v) is 10.5. The summed E-state index contributed by atoms with van der Waals surface area (Å²) in [6, 6.07) is 18.7. The van der Waals surface area contributed by atoms with Gasteiger partial charge in [0.25, 0.3) is 10.0 Å². The highest BCUT2D eigenvalue weighted by molar-refractivity contribution is 7.92. The summed E-state index contributed by atoms with van der Waals surface area (Å²) in [4.78, 5) is 21.4. The molecule has 3 heterocycles. The van der Waals surface area contributed by atoms with Gasteiger partial charge in [-0.2, -0.15) is 5.10 Å². The number of sulfonamides is 1. The predicted octanol–water partition coefficient (Wildman–Crippen LogP) is 4.82. The zero-order valence-corrected chi connectivity index (χ0v) is 22.3. The molecule has 0 N–H and O–H groups in total. The molecule has 3 aromatic heterocycles. The van der Waals surface area contributed by atoms with E-state index >= 15 is 0 Å². The van der Waals surface area contributed by atoms with Crippen LogP contribution in [0.2, 0.25) is 0 Å². The fourth-order valence-corrected chi connectivity index (χ4v) is 5.41. The first kappa shape index (κ1) is 25.9. The fraction of sp³-hybridized carbons (Fsp3) is 0.143. The summed E-state index contributed by atoms with van der Waals surface area (Å²) in [5, 5.41) is 5.03. The van der Waals surface area contributed by atoms with Crippen LogP contribution in [0.25, 0.3) is 22.3 Å². The van der Waals surface area contributed by atoms with E-state index in [2.05, 4.69) is 15.1 Å². The normalized spacial score (nSPS) is 11.4. The Morgan fingerprint density at radius 3 is 2.31 bits per heavy atom. The lowest BCUT2D eigenvalue weighted by atomic mass is 10.1. The van der Waals surface area contributed by atoms with Crippen LogP contribution in [0.15, 0.2) is 90.2 Å². The van der Waals surface area contributed by atoms with E-state index in [1.54, 1.807) is 55.3 Å². The number of hydrogen-bond acceptors (Lipinski definition) is 8. The second kappa shape index (κ2) is 10.5. The van der Waals surface area contributed by atoms with E-state index in [0.29, 0.717) is 28.2 Å². The van der Waals surface area contributed by atoms with E-state index in [1.165, 1.54) is 25.4 Å². The quantitative estimate of drug-likeness (QED) is 0.256. The number of esters is 1. The fourth-order valence-electron chi connectivity index (χ4n) is 4.19. The zero-order chi connectivity index (χ0) is 27.6. The Balaban J connectivity index is 1.64. The number of carbonyl (C=O) groups is 1. The standard InChI is InChI=1S/C28H25N5O5S/c1-4-37-28(34)23-18-30-27-24(25(31-32(27)2)19-8-6-5-7-9-19)26(23)33(3)39(35,36)22-12-10-20(11-13-22)38-21-14-16-29-17-15-21/h5-18H,4H2,1-3H3. The number of fused-ring (bicyclic) bond motifs is 1. The van der Waals surface area contributed by atoms with Gasteiger partial charge in [0.05, 0.1) is 22.6 Å². The molecule has 0 atom stereocenters. The van der Waals surface area contributed by atoms with E-state index < -0.39 is 16.0 Å². The molecule has 10 nitrogen and oxygen atoms in total. The van der Waals surface area contributed by atoms with Gasteiger partial charge in [-0.15, -0.1) is 0 Å². The van der Waals surface area contributed by atoms with Crippen molar-refractivity contribution < 1.29 is 22.7 Å². The van der Waals surface area contributed by atoms with E-state index in [-0.39, 0.29) is 22.8 Å². The minimum atomic E-state index is -4.14. The first-order valence-corrected chi connectivity index (χ1v) is 13.5. The Kier molecular flexibility index (Phi) is 6.99. The smallest absolute Gasteiger partial charge is 0.341 e. The maximum Gasteiger partial charge on any atom is 0.341 e. The molecule has 0 aliphatic carbocycles. The monoisotopic (exact) mass is 543 g/mol. The lowest BCUT2D eigenvalue weighted by molar-refractivity contribution is 0.0527. The molecule has 39 heavy (non-hydrogen) atoms. The minimum absolute atomic E-state index is 0.0111. The molecule has 2 aromatic carbocycles.